The van der Waals surface area contributed by atoms with Crippen LogP contribution < -0.4 is 19.5 Å². The molecule has 3 aliphatic rings. The number of para-hydroxylation sites is 1. The molecule has 0 bridgehead atoms. The largest absolute Gasteiger partial charge is 0.493 e. The fourth-order valence-electron chi connectivity index (χ4n) is 4.97. The second-order valence-electron chi connectivity index (χ2n) is 9.90. The number of carbonyl (C=O) groups excluding carboxylic acids is 1. The molecule has 3 aliphatic heterocycles. The van der Waals surface area contributed by atoms with Gasteiger partial charge in [-0.05, 0) is 53.1 Å². The molecule has 194 valence electrons. The Bertz CT molecular complexity index is 1440. The Morgan fingerprint density at radius 2 is 1.92 bits per heavy atom. The Balaban J connectivity index is 1.43. The van der Waals surface area contributed by atoms with Crippen molar-refractivity contribution in [3.05, 3.63) is 94.4 Å². The van der Waals surface area contributed by atoms with Crippen molar-refractivity contribution >= 4 is 28.8 Å². The number of hydrazone groups is 1. The predicted molar refractivity (Wildman–Crippen MR) is 149 cm³/mol. The topological polar surface area (TPSA) is 72.4 Å². The van der Waals surface area contributed by atoms with E-state index in [0.29, 0.717) is 35.3 Å². The second kappa shape index (κ2) is 9.76. The fourth-order valence-corrected chi connectivity index (χ4v) is 5.88. The lowest BCUT2D eigenvalue weighted by atomic mass is 9.95. The predicted octanol–water partition coefficient (Wildman–Crippen LogP) is 6.42. The lowest BCUT2D eigenvalue weighted by Gasteiger charge is -2.45. The molecule has 1 fully saturated rings. The molecule has 3 heterocycles. The van der Waals surface area contributed by atoms with Crippen LogP contribution in [-0.4, -0.2) is 35.5 Å². The normalized spacial score (nSPS) is 22.7. The Kier molecular flexibility index (Phi) is 6.27. The molecule has 3 aromatic carbocycles. The average molecular weight is 528 g/mol. The lowest BCUT2D eigenvalue weighted by molar-refractivity contribution is -0.0949. The summed E-state index contributed by atoms with van der Waals surface area (Å²) < 4.78 is 18.2. The molecule has 3 aromatic rings. The molecule has 1 N–H and O–H groups in total. The molecule has 1 amide bonds. The van der Waals surface area contributed by atoms with Gasteiger partial charge in [0, 0.05) is 12.0 Å². The zero-order chi connectivity index (χ0) is 26.3. The van der Waals surface area contributed by atoms with E-state index < -0.39 is 5.85 Å². The van der Waals surface area contributed by atoms with E-state index in [1.807, 2.05) is 65.7 Å². The van der Waals surface area contributed by atoms with E-state index in [-0.39, 0.29) is 11.3 Å². The third kappa shape index (κ3) is 4.28. The van der Waals surface area contributed by atoms with Gasteiger partial charge in [0.05, 0.1) is 30.4 Å². The number of ether oxygens (including phenoxy) is 3. The number of hydrogen-bond donors (Lipinski definition) is 1. The molecule has 1 spiro atoms. The average Bonchev–Trinajstić information content (AvgIpc) is 3.51. The smallest absolute Gasteiger partial charge is 0.314 e. The van der Waals surface area contributed by atoms with Gasteiger partial charge in [-0.3, -0.25) is 10.1 Å². The monoisotopic (exact) mass is 527 g/mol. The molecule has 38 heavy (non-hydrogen) atoms. The first-order chi connectivity index (χ1) is 18.5. The molecule has 0 radical (unpaired) electrons. The van der Waals surface area contributed by atoms with Gasteiger partial charge >= 0.3 is 5.85 Å². The van der Waals surface area contributed by atoms with Gasteiger partial charge in [-0.15, -0.1) is 0 Å². The summed E-state index contributed by atoms with van der Waals surface area (Å²) in [5, 5.41) is 9.86. The minimum Gasteiger partial charge on any atom is -0.493 e. The van der Waals surface area contributed by atoms with Crippen molar-refractivity contribution in [1.82, 2.24) is 10.3 Å². The molecule has 8 heteroatoms. The number of hydrogen-bond acceptors (Lipinski definition) is 7. The Labute approximate surface area is 226 Å². The van der Waals surface area contributed by atoms with Gasteiger partial charge in [-0.25, -0.2) is 5.01 Å². The molecule has 0 aromatic heterocycles. The number of fused-ring (bicyclic) bond motifs is 4. The van der Waals surface area contributed by atoms with Gasteiger partial charge in [-0.1, -0.05) is 68.4 Å². The highest BCUT2D eigenvalue weighted by atomic mass is 32.2. The van der Waals surface area contributed by atoms with E-state index in [9.17, 15) is 4.79 Å². The first-order valence-corrected chi connectivity index (χ1v) is 13.5. The van der Waals surface area contributed by atoms with Crippen molar-refractivity contribution < 1.29 is 19.0 Å². The number of nitrogens with zero attached hydrogens (tertiary/aromatic N) is 2. The molecule has 2 atom stereocenters. The molecule has 7 nitrogen and oxygen atoms in total. The van der Waals surface area contributed by atoms with Gasteiger partial charge in [0.15, 0.2) is 11.5 Å². The Hall–Kier alpha value is -3.91. The molecule has 6 rings (SSSR count). The van der Waals surface area contributed by atoms with Gasteiger partial charge in [-0.2, -0.15) is 5.10 Å². The van der Waals surface area contributed by atoms with Crippen molar-refractivity contribution in [2.75, 3.05) is 13.7 Å². The van der Waals surface area contributed by atoms with Crippen molar-refractivity contribution in [3.63, 3.8) is 0 Å². The molecular weight excluding hydrogens is 498 g/mol. The van der Waals surface area contributed by atoms with Crippen molar-refractivity contribution in [2.24, 2.45) is 11.0 Å². The zero-order valence-corrected chi connectivity index (χ0v) is 22.3. The van der Waals surface area contributed by atoms with E-state index in [4.69, 9.17) is 19.3 Å². The third-order valence-electron chi connectivity index (χ3n) is 6.74. The van der Waals surface area contributed by atoms with Gasteiger partial charge in [0.1, 0.15) is 5.75 Å². The molecular formula is C30H29N3O4S. The number of nitrogens with one attached hydrogen (secondary N) is 1. The van der Waals surface area contributed by atoms with E-state index in [1.54, 1.807) is 7.11 Å². The second-order valence-corrected chi connectivity index (χ2v) is 10.9. The first kappa shape index (κ1) is 24.4. The minimum absolute atomic E-state index is 0.0844. The molecule has 0 saturated carbocycles. The highest BCUT2D eigenvalue weighted by molar-refractivity contribution is 8.17. The van der Waals surface area contributed by atoms with Crippen LogP contribution in [0.2, 0.25) is 0 Å². The summed E-state index contributed by atoms with van der Waals surface area (Å²) in [5.41, 5.74) is 3.92. The molecule has 0 aliphatic carbocycles. The first-order valence-electron chi connectivity index (χ1n) is 12.7. The SMILES string of the molecule is COc1cc(/C=C2\SC(=O)N[C@]23Oc2ccccc2[C@H]2CC(c4ccccc4)=NN23)ccc1OCC(C)C. The Morgan fingerprint density at radius 3 is 2.71 bits per heavy atom. The summed E-state index contributed by atoms with van der Waals surface area (Å²) in [7, 11) is 1.63. The number of carbonyl (C=O) groups is 1. The van der Waals surface area contributed by atoms with Crippen molar-refractivity contribution in [2.45, 2.75) is 32.2 Å². The van der Waals surface area contributed by atoms with E-state index in [2.05, 4.69) is 37.4 Å². The maximum Gasteiger partial charge on any atom is 0.314 e. The van der Waals surface area contributed by atoms with Crippen LogP contribution in [0, 0.1) is 5.92 Å². The van der Waals surface area contributed by atoms with Gasteiger partial charge in [0.25, 0.3) is 5.24 Å². The summed E-state index contributed by atoms with van der Waals surface area (Å²) in [6.07, 6.45) is 2.66. The van der Waals surface area contributed by atoms with Gasteiger partial charge in [0.2, 0.25) is 0 Å². The molecule has 1 saturated heterocycles. The van der Waals surface area contributed by atoms with Crippen molar-refractivity contribution in [3.8, 4) is 17.2 Å². The Morgan fingerprint density at radius 1 is 1.13 bits per heavy atom. The fraction of sp³-hybridized carbons (Fsp3) is 0.267. The quantitative estimate of drug-likeness (QED) is 0.399. The van der Waals surface area contributed by atoms with Crippen LogP contribution in [0.15, 0.2) is 82.8 Å². The van der Waals surface area contributed by atoms with Crippen LogP contribution in [0.25, 0.3) is 6.08 Å². The summed E-state index contributed by atoms with van der Waals surface area (Å²) in [6.45, 7) is 4.80. The highest BCUT2D eigenvalue weighted by Gasteiger charge is 2.58. The number of thioether (sulfide) groups is 1. The van der Waals surface area contributed by atoms with E-state index >= 15 is 0 Å². The third-order valence-corrected chi connectivity index (χ3v) is 7.64. The number of rotatable bonds is 6. The van der Waals surface area contributed by atoms with E-state index in [0.717, 1.165) is 39.9 Å². The zero-order valence-electron chi connectivity index (χ0n) is 21.5. The lowest BCUT2D eigenvalue weighted by Crippen LogP contribution is -2.61. The van der Waals surface area contributed by atoms with Crippen LogP contribution >= 0.6 is 11.8 Å². The van der Waals surface area contributed by atoms with Crippen LogP contribution in [-0.2, 0) is 0 Å². The van der Waals surface area contributed by atoms with Crippen molar-refractivity contribution in [1.29, 1.82) is 0 Å². The van der Waals surface area contributed by atoms with Crippen LogP contribution in [0.1, 0.15) is 43.0 Å². The minimum atomic E-state index is -1.25. The number of benzene rings is 3. The number of amides is 1. The number of methoxy groups -OCH3 is 1. The van der Waals surface area contributed by atoms with Crippen LogP contribution in [0.4, 0.5) is 4.79 Å². The summed E-state index contributed by atoms with van der Waals surface area (Å²) >= 11 is 1.12. The maximum atomic E-state index is 12.9. The van der Waals surface area contributed by atoms with Crippen LogP contribution in [0.5, 0.6) is 17.2 Å². The summed E-state index contributed by atoms with van der Waals surface area (Å²) in [5.74, 6) is 1.20. The standard InChI is InChI=1S/C30H29N3O4S/c1-19(2)18-36-26-14-13-20(15-27(26)35-3)16-28-30(31-29(34)38-28)33-24(22-11-7-8-12-25(22)37-30)17-23(32-33)21-9-5-4-6-10-21/h4-16,19,24H,17-18H2,1-3H3,(H,31,34)/b28-16-/t24-,30-/m1/s1. The van der Waals surface area contributed by atoms with Gasteiger partial charge < -0.3 is 14.2 Å². The maximum absolute atomic E-state index is 12.9. The summed E-state index contributed by atoms with van der Waals surface area (Å²) in [4.78, 5) is 13.6. The van der Waals surface area contributed by atoms with Crippen LogP contribution in [0.3, 0.4) is 0 Å². The molecule has 0 unspecified atom stereocenters. The van der Waals surface area contributed by atoms with E-state index in [1.165, 1.54) is 0 Å². The summed E-state index contributed by atoms with van der Waals surface area (Å²) in [6, 6.07) is 23.8. The highest BCUT2D eigenvalue weighted by Crippen LogP contribution is 2.52.